The van der Waals surface area contributed by atoms with Gasteiger partial charge in [0.05, 0.1) is 17.5 Å². The Morgan fingerprint density at radius 1 is 1.09 bits per heavy atom. The summed E-state index contributed by atoms with van der Waals surface area (Å²) < 4.78 is 0. The van der Waals surface area contributed by atoms with E-state index in [0.29, 0.717) is 37.1 Å². The molecule has 0 aromatic rings. The summed E-state index contributed by atoms with van der Waals surface area (Å²) in [6, 6.07) is -0.799. The third-order valence-corrected chi connectivity index (χ3v) is 4.01. The number of nitrogens with one attached hydrogen (secondary N) is 1. The highest BCUT2D eigenvalue weighted by Gasteiger charge is 2.25. The molecule has 0 radical (unpaired) electrons. The lowest BCUT2D eigenvalue weighted by molar-refractivity contribution is 0.143. The van der Waals surface area contributed by atoms with Crippen LogP contribution in [0.3, 0.4) is 0 Å². The molecule has 3 N–H and O–H groups in total. The van der Waals surface area contributed by atoms with Gasteiger partial charge in [-0.2, -0.15) is 5.01 Å². The summed E-state index contributed by atoms with van der Waals surface area (Å²) in [5, 5.41) is 24.5. The number of amides is 2. The number of hydrogen-bond acceptors (Lipinski definition) is 5. The molecular weight excluding hydrogens is 333 g/mol. The van der Waals surface area contributed by atoms with E-state index in [1.54, 1.807) is 0 Å². The van der Waals surface area contributed by atoms with Crippen molar-refractivity contribution in [3.63, 3.8) is 0 Å². The van der Waals surface area contributed by atoms with Gasteiger partial charge >= 0.3 is 6.03 Å². The van der Waals surface area contributed by atoms with Crippen LogP contribution >= 0.6 is 23.2 Å². The molecular formula is C13H25Cl2N3O4. The number of urea groups is 1. The lowest BCUT2D eigenvalue weighted by Gasteiger charge is -2.22. The second-order valence-electron chi connectivity index (χ2n) is 5.06. The van der Waals surface area contributed by atoms with Crippen LogP contribution in [0, 0.1) is 4.91 Å². The second kappa shape index (κ2) is 11.9. The maximum Gasteiger partial charge on any atom is 0.343 e. The second-order valence-corrected chi connectivity index (χ2v) is 6.09. The number of aliphatic hydroxyl groups excluding tert-OH is 2. The molecule has 0 saturated heterocycles. The molecule has 0 aromatic carbocycles. The van der Waals surface area contributed by atoms with E-state index in [1.807, 2.05) is 13.8 Å². The number of hydrogen-bond donors (Lipinski definition) is 3. The minimum absolute atomic E-state index is 0.233. The summed E-state index contributed by atoms with van der Waals surface area (Å²) in [5.41, 5.74) is -1.69. The topological polar surface area (TPSA) is 102 Å². The van der Waals surface area contributed by atoms with Crippen LogP contribution in [0.5, 0.6) is 0 Å². The van der Waals surface area contributed by atoms with Gasteiger partial charge in [-0.3, -0.25) is 0 Å². The number of nitrogens with zero attached hydrogens (tertiary/aromatic N) is 2. The molecule has 4 unspecified atom stereocenters. The summed E-state index contributed by atoms with van der Waals surface area (Å²) in [6.07, 6.45) is 1.54. The molecule has 9 heteroatoms. The molecule has 4 atom stereocenters. The van der Waals surface area contributed by atoms with Crippen LogP contribution in [0.2, 0.25) is 0 Å². The summed E-state index contributed by atoms with van der Waals surface area (Å²) in [7, 11) is 0. The van der Waals surface area contributed by atoms with Gasteiger partial charge in [0.2, 0.25) is 0 Å². The number of nitroso groups, excluding NO2 is 1. The van der Waals surface area contributed by atoms with Crippen molar-refractivity contribution >= 4 is 29.2 Å². The first-order chi connectivity index (χ1) is 10.3. The Bertz CT molecular complexity index is 336. The van der Waals surface area contributed by atoms with E-state index >= 15 is 0 Å². The van der Waals surface area contributed by atoms with E-state index in [2.05, 4.69) is 10.6 Å². The molecule has 0 aromatic heterocycles. The van der Waals surface area contributed by atoms with Crippen LogP contribution in [-0.2, 0) is 0 Å². The van der Waals surface area contributed by atoms with Gasteiger partial charge in [-0.1, -0.05) is 37.0 Å². The first kappa shape index (κ1) is 21.4. The van der Waals surface area contributed by atoms with Crippen molar-refractivity contribution in [1.29, 1.82) is 0 Å². The van der Waals surface area contributed by atoms with E-state index in [4.69, 9.17) is 23.2 Å². The molecule has 0 saturated carbocycles. The van der Waals surface area contributed by atoms with Crippen LogP contribution in [0.4, 0.5) is 4.79 Å². The monoisotopic (exact) mass is 357 g/mol. The van der Waals surface area contributed by atoms with Crippen molar-refractivity contribution < 1.29 is 15.0 Å². The van der Waals surface area contributed by atoms with Crippen molar-refractivity contribution in [2.75, 3.05) is 0 Å². The summed E-state index contributed by atoms with van der Waals surface area (Å²) in [5.74, 6) is 0. The average Bonchev–Trinajstić information content (AvgIpc) is 2.50. The fraction of sp³-hybridized carbons (Fsp3) is 0.923. The van der Waals surface area contributed by atoms with Gasteiger partial charge in [0.15, 0.2) is 0 Å². The van der Waals surface area contributed by atoms with Crippen molar-refractivity contribution in [3.05, 3.63) is 4.91 Å². The van der Waals surface area contributed by atoms with Gasteiger partial charge in [0.1, 0.15) is 11.0 Å². The molecule has 2 amide bonds. The molecule has 0 aliphatic carbocycles. The molecule has 0 heterocycles. The molecule has 0 aliphatic heterocycles. The summed E-state index contributed by atoms with van der Waals surface area (Å²) >= 11 is 11.9. The molecule has 22 heavy (non-hydrogen) atoms. The van der Waals surface area contributed by atoms with Crippen molar-refractivity contribution in [3.8, 4) is 0 Å². The van der Waals surface area contributed by atoms with Crippen LogP contribution in [0.1, 0.15) is 52.4 Å². The van der Waals surface area contributed by atoms with Crippen molar-refractivity contribution in [2.24, 2.45) is 5.29 Å². The average molecular weight is 358 g/mol. The third kappa shape index (κ3) is 8.73. The van der Waals surface area contributed by atoms with Gasteiger partial charge in [-0.15, -0.1) is 4.91 Å². The molecule has 0 fully saturated rings. The smallest absolute Gasteiger partial charge is 0.343 e. The van der Waals surface area contributed by atoms with E-state index in [0.717, 1.165) is 0 Å². The van der Waals surface area contributed by atoms with E-state index in [-0.39, 0.29) is 6.42 Å². The molecule has 130 valence electrons. The Kier molecular flexibility index (Phi) is 11.5. The Morgan fingerprint density at radius 2 is 1.59 bits per heavy atom. The summed E-state index contributed by atoms with van der Waals surface area (Å²) in [4.78, 5) is 22.7. The van der Waals surface area contributed by atoms with E-state index < -0.39 is 29.2 Å². The predicted octanol–water partition coefficient (Wildman–Crippen LogP) is 2.91. The van der Waals surface area contributed by atoms with Crippen LogP contribution in [0.25, 0.3) is 0 Å². The number of alkyl halides is 2. The van der Waals surface area contributed by atoms with Gasteiger partial charge in [0, 0.05) is 0 Å². The minimum Gasteiger partial charge on any atom is -0.393 e. The molecule has 0 rings (SSSR count). The van der Waals surface area contributed by atoms with Gasteiger partial charge in [0.25, 0.3) is 0 Å². The van der Waals surface area contributed by atoms with Crippen molar-refractivity contribution in [2.45, 2.75) is 75.6 Å². The van der Waals surface area contributed by atoms with Crippen molar-refractivity contribution in [1.82, 2.24) is 10.3 Å². The molecule has 0 bridgehead atoms. The minimum atomic E-state index is -0.955. The number of halogens is 2. The Labute approximate surface area is 140 Å². The van der Waals surface area contributed by atoms with Crippen LogP contribution < -0.4 is 5.32 Å². The highest BCUT2D eigenvalue weighted by Crippen LogP contribution is 2.16. The van der Waals surface area contributed by atoms with Gasteiger partial charge in [-0.05, 0) is 38.5 Å². The zero-order chi connectivity index (χ0) is 17.1. The lowest BCUT2D eigenvalue weighted by atomic mass is 10.1. The predicted molar refractivity (Wildman–Crippen MR) is 86.5 cm³/mol. The van der Waals surface area contributed by atoms with Crippen LogP contribution in [0.15, 0.2) is 5.29 Å². The first-order valence-electron chi connectivity index (χ1n) is 7.42. The maximum atomic E-state index is 11.9. The zero-order valence-corrected chi connectivity index (χ0v) is 14.4. The summed E-state index contributed by atoms with van der Waals surface area (Å²) in [6.45, 7) is 3.66. The molecule has 7 nitrogen and oxygen atoms in total. The Balaban J connectivity index is 4.30. The fourth-order valence-corrected chi connectivity index (χ4v) is 2.16. The third-order valence-electron chi connectivity index (χ3n) is 3.28. The number of carbonyl (C=O) groups is 1. The standard InChI is InChI=1S/C13H25Cl2N3O4/c1-3-9(19)5-7-11(14)16-13(21)18(17-22)12(15)8-6-10(20)4-2/h9-12,19-20H,3-8H2,1-2H3,(H,16,21). The largest absolute Gasteiger partial charge is 0.393 e. The Hall–Kier alpha value is -0.630. The lowest BCUT2D eigenvalue weighted by Crippen LogP contribution is -2.43. The normalized spacial score (nSPS) is 16.5. The van der Waals surface area contributed by atoms with Gasteiger partial charge in [-0.25, -0.2) is 4.79 Å². The van der Waals surface area contributed by atoms with Gasteiger partial charge < -0.3 is 15.5 Å². The molecule has 0 spiro atoms. The highest BCUT2D eigenvalue weighted by atomic mass is 35.5. The van der Waals surface area contributed by atoms with E-state index in [1.165, 1.54) is 0 Å². The maximum absolute atomic E-state index is 11.9. The number of carbonyl (C=O) groups excluding carboxylic acids is 1. The number of aliphatic hydroxyl groups is 2. The molecule has 0 aliphatic rings. The fourth-order valence-electron chi connectivity index (χ4n) is 1.69. The Morgan fingerprint density at radius 3 is 2.05 bits per heavy atom. The highest BCUT2D eigenvalue weighted by molar-refractivity contribution is 6.22. The zero-order valence-electron chi connectivity index (χ0n) is 12.9. The first-order valence-corrected chi connectivity index (χ1v) is 8.30. The quantitative estimate of drug-likeness (QED) is 0.229. The number of rotatable bonds is 11. The van der Waals surface area contributed by atoms with E-state index in [9.17, 15) is 19.9 Å². The van der Waals surface area contributed by atoms with Crippen LogP contribution in [-0.4, -0.2) is 44.5 Å². The SMILES string of the molecule is CCC(O)CCC(Cl)NC(=O)N(N=O)C(Cl)CCC(O)CC.